The molecule has 2 aromatic rings. The summed E-state index contributed by atoms with van der Waals surface area (Å²) in [6.07, 6.45) is -4.13. The first-order valence-electron chi connectivity index (χ1n) is 5.94. The molecular weight excluding hydrogens is 288 g/mol. The zero-order chi connectivity index (χ0) is 15.5. The van der Waals surface area contributed by atoms with Crippen LogP contribution in [-0.4, -0.2) is 6.29 Å². The maximum absolute atomic E-state index is 13.4. The number of carbonyl (C=O) groups excluding carboxylic acids is 1. The molecule has 0 aliphatic carbocycles. The van der Waals surface area contributed by atoms with E-state index in [0.29, 0.717) is 6.29 Å². The lowest BCUT2D eigenvalue weighted by Crippen LogP contribution is -2.10. The molecule has 0 aliphatic rings. The average molecular weight is 298 g/mol. The molecule has 0 heterocycles. The number of hydrogen-bond donors (Lipinski definition) is 0. The molecule has 0 bridgehead atoms. The lowest BCUT2D eigenvalue weighted by atomic mass is 10.1. The number of carbonyl (C=O) groups is 1. The van der Waals surface area contributed by atoms with Crippen molar-refractivity contribution >= 4 is 6.29 Å². The molecule has 0 spiro atoms. The van der Waals surface area contributed by atoms with Crippen molar-refractivity contribution in [2.24, 2.45) is 0 Å². The molecule has 0 unspecified atom stereocenters. The van der Waals surface area contributed by atoms with E-state index in [-0.39, 0.29) is 23.5 Å². The molecular formula is C15H10F4O2. The van der Waals surface area contributed by atoms with Crippen molar-refractivity contribution in [1.82, 2.24) is 0 Å². The van der Waals surface area contributed by atoms with Gasteiger partial charge in [-0.1, -0.05) is 18.2 Å². The van der Waals surface area contributed by atoms with Crippen molar-refractivity contribution < 1.29 is 27.1 Å². The van der Waals surface area contributed by atoms with Gasteiger partial charge in [-0.25, -0.2) is 4.39 Å². The van der Waals surface area contributed by atoms with E-state index in [1.54, 1.807) is 0 Å². The van der Waals surface area contributed by atoms with Crippen LogP contribution in [0, 0.1) is 5.82 Å². The normalized spacial score (nSPS) is 11.2. The number of ether oxygens (including phenoxy) is 1. The number of hydrogen-bond acceptors (Lipinski definition) is 2. The third-order valence-corrected chi connectivity index (χ3v) is 2.82. The van der Waals surface area contributed by atoms with Crippen LogP contribution >= 0.6 is 0 Å². The van der Waals surface area contributed by atoms with Crippen LogP contribution in [0.3, 0.4) is 0 Å². The minimum absolute atomic E-state index is 0.0510. The Morgan fingerprint density at radius 2 is 1.81 bits per heavy atom. The Hall–Kier alpha value is -2.37. The first kappa shape index (κ1) is 15.0. The Kier molecular flexibility index (Phi) is 4.26. The van der Waals surface area contributed by atoms with Crippen LogP contribution in [0.1, 0.15) is 21.5 Å². The summed E-state index contributed by atoms with van der Waals surface area (Å²) in [5, 5.41) is 0. The highest BCUT2D eigenvalue weighted by atomic mass is 19.4. The first-order valence-corrected chi connectivity index (χ1v) is 5.94. The van der Waals surface area contributed by atoms with E-state index < -0.39 is 17.6 Å². The molecule has 0 aromatic heterocycles. The Balaban J connectivity index is 2.17. The second kappa shape index (κ2) is 5.95. The zero-order valence-electron chi connectivity index (χ0n) is 10.7. The van der Waals surface area contributed by atoms with Crippen molar-refractivity contribution in [1.29, 1.82) is 0 Å². The predicted molar refractivity (Wildman–Crippen MR) is 67.6 cm³/mol. The minimum Gasteiger partial charge on any atom is -0.489 e. The summed E-state index contributed by atoms with van der Waals surface area (Å²) in [4.78, 5) is 10.5. The van der Waals surface area contributed by atoms with Gasteiger partial charge in [0.25, 0.3) is 0 Å². The van der Waals surface area contributed by atoms with E-state index in [1.807, 2.05) is 0 Å². The Labute approximate surface area is 118 Å². The van der Waals surface area contributed by atoms with Crippen LogP contribution in [0.15, 0.2) is 42.5 Å². The molecule has 0 aliphatic heterocycles. The van der Waals surface area contributed by atoms with Crippen LogP contribution in [-0.2, 0) is 12.8 Å². The first-order chi connectivity index (χ1) is 9.91. The molecule has 110 valence electrons. The van der Waals surface area contributed by atoms with Gasteiger partial charge in [0.15, 0.2) is 6.29 Å². The van der Waals surface area contributed by atoms with Crippen LogP contribution in [0.5, 0.6) is 5.75 Å². The second-order valence-electron chi connectivity index (χ2n) is 4.24. The Morgan fingerprint density at radius 3 is 2.43 bits per heavy atom. The molecule has 0 N–H and O–H groups in total. The standard InChI is InChI=1S/C15H10F4O2/c16-14-7-12(6-5-10(14)8-20)21-9-11-3-1-2-4-13(11)15(17,18)19/h1-8H,9H2. The minimum atomic E-state index is -4.48. The molecule has 0 amide bonds. The van der Waals surface area contributed by atoms with Gasteiger partial charge in [0, 0.05) is 11.6 Å². The number of alkyl halides is 3. The number of aldehydes is 1. The van der Waals surface area contributed by atoms with Gasteiger partial charge in [-0.3, -0.25) is 4.79 Å². The van der Waals surface area contributed by atoms with E-state index in [0.717, 1.165) is 12.1 Å². The average Bonchev–Trinajstić information content (AvgIpc) is 2.44. The highest BCUT2D eigenvalue weighted by Crippen LogP contribution is 2.32. The zero-order valence-corrected chi connectivity index (χ0v) is 10.7. The summed E-state index contributed by atoms with van der Waals surface area (Å²) in [5.74, 6) is -0.735. The fourth-order valence-corrected chi connectivity index (χ4v) is 1.78. The number of rotatable bonds is 4. The van der Waals surface area contributed by atoms with E-state index in [2.05, 4.69) is 0 Å². The van der Waals surface area contributed by atoms with Crippen LogP contribution in [0.4, 0.5) is 17.6 Å². The third-order valence-electron chi connectivity index (χ3n) is 2.82. The summed E-state index contributed by atoms with van der Waals surface area (Å²) >= 11 is 0. The molecule has 0 atom stereocenters. The Morgan fingerprint density at radius 1 is 1.10 bits per heavy atom. The smallest absolute Gasteiger partial charge is 0.416 e. The highest BCUT2D eigenvalue weighted by Gasteiger charge is 2.32. The molecule has 0 saturated heterocycles. The van der Waals surface area contributed by atoms with Gasteiger partial charge in [0.2, 0.25) is 0 Å². The third kappa shape index (κ3) is 3.59. The summed E-state index contributed by atoms with van der Waals surface area (Å²) in [7, 11) is 0. The van der Waals surface area contributed by atoms with Crippen molar-refractivity contribution in [3.05, 3.63) is 65.0 Å². The molecule has 2 nitrogen and oxygen atoms in total. The topological polar surface area (TPSA) is 26.3 Å². The van der Waals surface area contributed by atoms with Crippen molar-refractivity contribution in [3.8, 4) is 5.75 Å². The maximum Gasteiger partial charge on any atom is 0.416 e. The number of benzene rings is 2. The molecule has 0 fully saturated rings. The fraction of sp³-hybridized carbons (Fsp3) is 0.133. The van der Waals surface area contributed by atoms with Gasteiger partial charge >= 0.3 is 6.18 Å². The number of halogens is 4. The summed E-state index contributed by atoms with van der Waals surface area (Å²) in [6.45, 7) is -0.352. The molecule has 0 saturated carbocycles. The van der Waals surface area contributed by atoms with Crippen LogP contribution in [0.2, 0.25) is 0 Å². The Bertz CT molecular complexity index is 650. The predicted octanol–water partition coefficient (Wildman–Crippen LogP) is 4.24. The van der Waals surface area contributed by atoms with Gasteiger partial charge in [-0.05, 0) is 18.2 Å². The highest BCUT2D eigenvalue weighted by molar-refractivity contribution is 5.75. The van der Waals surface area contributed by atoms with Gasteiger partial charge in [0.1, 0.15) is 18.2 Å². The molecule has 6 heteroatoms. The van der Waals surface area contributed by atoms with Crippen molar-refractivity contribution in [2.45, 2.75) is 12.8 Å². The SMILES string of the molecule is O=Cc1ccc(OCc2ccccc2C(F)(F)F)cc1F. The summed E-state index contributed by atoms with van der Waals surface area (Å²) in [5.41, 5.74) is -0.988. The summed E-state index contributed by atoms with van der Waals surface area (Å²) in [6, 6.07) is 8.47. The second-order valence-corrected chi connectivity index (χ2v) is 4.24. The van der Waals surface area contributed by atoms with E-state index in [1.165, 1.54) is 30.3 Å². The van der Waals surface area contributed by atoms with E-state index in [9.17, 15) is 22.4 Å². The molecule has 21 heavy (non-hydrogen) atoms. The van der Waals surface area contributed by atoms with Crippen molar-refractivity contribution in [3.63, 3.8) is 0 Å². The molecule has 0 radical (unpaired) electrons. The molecule has 2 aromatic carbocycles. The van der Waals surface area contributed by atoms with Crippen LogP contribution < -0.4 is 4.74 Å². The lowest BCUT2D eigenvalue weighted by Gasteiger charge is -2.13. The van der Waals surface area contributed by atoms with Crippen LogP contribution in [0.25, 0.3) is 0 Å². The summed E-state index contributed by atoms with van der Waals surface area (Å²) < 4.78 is 56.9. The van der Waals surface area contributed by atoms with Gasteiger partial charge in [-0.15, -0.1) is 0 Å². The van der Waals surface area contributed by atoms with Crippen molar-refractivity contribution in [2.75, 3.05) is 0 Å². The largest absolute Gasteiger partial charge is 0.489 e. The maximum atomic E-state index is 13.4. The lowest BCUT2D eigenvalue weighted by molar-refractivity contribution is -0.138. The van der Waals surface area contributed by atoms with Gasteiger partial charge < -0.3 is 4.74 Å². The van der Waals surface area contributed by atoms with E-state index >= 15 is 0 Å². The molecule has 2 rings (SSSR count). The fourth-order valence-electron chi connectivity index (χ4n) is 1.78. The quantitative estimate of drug-likeness (QED) is 0.623. The van der Waals surface area contributed by atoms with Gasteiger partial charge in [0.05, 0.1) is 11.1 Å². The van der Waals surface area contributed by atoms with E-state index in [4.69, 9.17) is 4.74 Å². The van der Waals surface area contributed by atoms with Gasteiger partial charge in [-0.2, -0.15) is 13.2 Å². The monoisotopic (exact) mass is 298 g/mol.